The van der Waals surface area contributed by atoms with Gasteiger partial charge in [0.05, 0.1) is 0 Å². The Hall–Kier alpha value is 1.50. The van der Waals surface area contributed by atoms with E-state index in [0.29, 0.717) is 15.8 Å². The predicted molar refractivity (Wildman–Crippen MR) is 69.1 cm³/mol. The summed E-state index contributed by atoms with van der Waals surface area (Å²) < 4.78 is 1.41. The van der Waals surface area contributed by atoms with Crippen LogP contribution < -0.4 is 24.8 Å². The molecular formula is C11H21Cl2P2V. The van der Waals surface area contributed by atoms with Crippen molar-refractivity contribution in [1.82, 2.24) is 0 Å². The summed E-state index contributed by atoms with van der Waals surface area (Å²) in [5.41, 5.74) is 0. The first-order valence-corrected chi connectivity index (χ1v) is 10.4. The average molecular weight is 337 g/mol. The van der Waals surface area contributed by atoms with Crippen molar-refractivity contribution in [2.75, 3.05) is 39.0 Å². The monoisotopic (exact) mass is 336 g/mol. The molecule has 0 aromatic heterocycles. The van der Waals surface area contributed by atoms with E-state index in [0.717, 1.165) is 6.42 Å². The Morgan fingerprint density at radius 3 is 1.62 bits per heavy atom. The molecule has 94 valence electrons. The Morgan fingerprint density at radius 1 is 1.06 bits per heavy atom. The van der Waals surface area contributed by atoms with Crippen LogP contribution in [0, 0.1) is 0 Å². The molecular weight excluding hydrogens is 316 g/mol. The number of rotatable bonds is 3. The van der Waals surface area contributed by atoms with E-state index in [9.17, 15) is 0 Å². The topological polar surface area (TPSA) is 0 Å². The molecule has 0 aromatic rings. The van der Waals surface area contributed by atoms with Crippen molar-refractivity contribution >= 4 is 15.8 Å². The van der Waals surface area contributed by atoms with E-state index in [2.05, 4.69) is 62.3 Å². The van der Waals surface area contributed by atoms with Crippen molar-refractivity contribution in [3.63, 3.8) is 0 Å². The zero-order valence-electron chi connectivity index (χ0n) is 10.5. The van der Waals surface area contributed by atoms with E-state index in [1.807, 2.05) is 0 Å². The van der Waals surface area contributed by atoms with Crippen LogP contribution in [0.2, 0.25) is 0 Å². The van der Waals surface area contributed by atoms with Gasteiger partial charge >= 0.3 is 46.4 Å². The van der Waals surface area contributed by atoms with Crippen molar-refractivity contribution in [3.8, 4) is 0 Å². The second-order valence-corrected chi connectivity index (χ2v) is 10.0. The summed E-state index contributed by atoms with van der Waals surface area (Å²) in [7, 11) is 0.766. The maximum atomic E-state index is 2.54. The molecule has 5 heteroatoms. The van der Waals surface area contributed by atoms with Crippen LogP contribution in [-0.4, -0.2) is 39.0 Å². The molecule has 0 spiro atoms. The third kappa shape index (κ3) is 17.9. The molecule has 1 aliphatic rings. The minimum absolute atomic E-state index is 0. The molecule has 0 saturated carbocycles. The van der Waals surface area contributed by atoms with Gasteiger partial charge in [-0.05, 0) is 39.0 Å². The second-order valence-electron chi connectivity index (χ2n) is 3.90. The van der Waals surface area contributed by atoms with Crippen LogP contribution in [0.1, 0.15) is 6.42 Å². The first-order chi connectivity index (χ1) is 6.52. The van der Waals surface area contributed by atoms with Crippen LogP contribution in [0.4, 0.5) is 0 Å². The van der Waals surface area contributed by atoms with Crippen LogP contribution in [0.25, 0.3) is 0 Å². The molecule has 1 aliphatic carbocycles. The molecule has 16 heavy (non-hydrogen) atoms. The fraction of sp³-hybridized carbons (Fsp3) is 0.636. The van der Waals surface area contributed by atoms with E-state index in [1.165, 1.54) is 16.6 Å². The molecule has 0 atom stereocenters. The van der Waals surface area contributed by atoms with Crippen molar-refractivity contribution < 1.29 is 42.2 Å². The van der Waals surface area contributed by atoms with Crippen molar-refractivity contribution in [2.45, 2.75) is 6.42 Å². The average Bonchev–Trinajstić information content (AvgIpc) is 2.53. The third-order valence-corrected chi connectivity index (χ3v) is 4.85. The molecule has 0 nitrogen and oxygen atoms in total. The molecule has 0 fully saturated rings. The van der Waals surface area contributed by atoms with E-state index in [4.69, 9.17) is 0 Å². The standard InChI is InChI=1S/C6H16P2.C5H5.2ClH.V/c1-7(2)5-6-8(3)4;1-2-4-5-3-1;;;/h5-6H2,1-4H3;1-3H,4H2;2*1H;/q;;;;+2/p-2. The van der Waals surface area contributed by atoms with Gasteiger partial charge in [-0.1, -0.05) is 0 Å². The van der Waals surface area contributed by atoms with Crippen LogP contribution in [0.5, 0.6) is 0 Å². The Bertz CT molecular complexity index is 196. The molecule has 0 aromatic carbocycles. The Kier molecular flexibility index (Phi) is 20.6. The molecule has 1 rings (SSSR count). The van der Waals surface area contributed by atoms with Gasteiger partial charge in [0.25, 0.3) is 0 Å². The molecule has 0 bridgehead atoms. The first-order valence-electron chi connectivity index (χ1n) is 4.86. The molecule has 0 amide bonds. The van der Waals surface area contributed by atoms with Crippen LogP contribution in [0.3, 0.4) is 0 Å². The molecule has 0 aliphatic heterocycles. The third-order valence-electron chi connectivity index (χ3n) is 1.75. The van der Waals surface area contributed by atoms with Gasteiger partial charge in [-0.25, -0.2) is 0 Å². The number of allylic oxidation sites excluding steroid dienone is 4. The maximum absolute atomic E-state index is 2.54. The zero-order valence-corrected chi connectivity index (χ0v) is 15.1. The van der Waals surface area contributed by atoms with Crippen molar-refractivity contribution in [3.05, 3.63) is 22.5 Å². The minimum atomic E-state index is 0. The number of hydrogen-bond donors (Lipinski definition) is 0. The van der Waals surface area contributed by atoms with Gasteiger partial charge in [0, 0.05) is 0 Å². The molecule has 0 heterocycles. The normalized spacial score (nSPS) is 12.4. The van der Waals surface area contributed by atoms with E-state index in [1.54, 1.807) is 0 Å². The van der Waals surface area contributed by atoms with Gasteiger partial charge in [0.15, 0.2) is 0 Å². The molecule has 0 unspecified atom stereocenters. The SMILES string of the molecule is CP(C)CCP(C)C.[Cl-].[Cl-].[V+2][C]1=CC=CC1. The number of hydrogen-bond acceptors (Lipinski definition) is 0. The van der Waals surface area contributed by atoms with E-state index in [-0.39, 0.29) is 24.8 Å². The van der Waals surface area contributed by atoms with Crippen molar-refractivity contribution in [2.24, 2.45) is 0 Å². The zero-order chi connectivity index (χ0) is 11.0. The summed E-state index contributed by atoms with van der Waals surface area (Å²) in [6.45, 7) is 9.42. The summed E-state index contributed by atoms with van der Waals surface area (Å²) in [6.07, 6.45) is 10.4. The summed E-state index contributed by atoms with van der Waals surface area (Å²) in [5.74, 6) is 0. The molecule has 0 saturated heterocycles. The summed E-state index contributed by atoms with van der Waals surface area (Å²) in [6, 6.07) is 0. The van der Waals surface area contributed by atoms with E-state index >= 15 is 0 Å². The van der Waals surface area contributed by atoms with Crippen LogP contribution >= 0.6 is 15.8 Å². The van der Waals surface area contributed by atoms with Gasteiger partial charge in [-0.2, -0.15) is 0 Å². The molecule has 0 radical (unpaired) electrons. The fourth-order valence-corrected chi connectivity index (χ4v) is 4.33. The van der Waals surface area contributed by atoms with Gasteiger partial charge in [0.1, 0.15) is 0 Å². The van der Waals surface area contributed by atoms with E-state index < -0.39 is 0 Å². The summed E-state index contributed by atoms with van der Waals surface area (Å²) >= 11 is 2.54. The first kappa shape index (κ1) is 22.7. The summed E-state index contributed by atoms with van der Waals surface area (Å²) in [4.78, 5) is 0. The Balaban J connectivity index is -0.000000192. The van der Waals surface area contributed by atoms with Crippen LogP contribution in [-0.2, 0) is 17.4 Å². The van der Waals surface area contributed by atoms with Crippen molar-refractivity contribution in [1.29, 1.82) is 0 Å². The second kappa shape index (κ2) is 14.6. The summed E-state index contributed by atoms with van der Waals surface area (Å²) in [5, 5.41) is 0. The van der Waals surface area contributed by atoms with Gasteiger partial charge in [0.2, 0.25) is 0 Å². The van der Waals surface area contributed by atoms with Gasteiger partial charge < -0.3 is 24.8 Å². The fourth-order valence-electron chi connectivity index (χ4n) is 0.836. The quantitative estimate of drug-likeness (QED) is 0.516. The Labute approximate surface area is 125 Å². The predicted octanol–water partition coefficient (Wildman–Crippen LogP) is -2.15. The van der Waals surface area contributed by atoms with Crippen LogP contribution in [0.15, 0.2) is 22.5 Å². The van der Waals surface area contributed by atoms with Gasteiger partial charge in [-0.15, -0.1) is 15.8 Å². The Morgan fingerprint density at radius 2 is 1.50 bits per heavy atom. The van der Waals surface area contributed by atoms with Gasteiger partial charge in [-0.3, -0.25) is 0 Å². The molecule has 0 N–H and O–H groups in total. The number of halogens is 2.